The monoisotopic (exact) mass is 260 g/mol. The third kappa shape index (κ3) is 1.82. The zero-order valence-corrected chi connectivity index (χ0v) is 11.4. The van der Waals surface area contributed by atoms with Gasteiger partial charge in [0.05, 0.1) is 18.8 Å². The van der Waals surface area contributed by atoms with E-state index in [1.807, 2.05) is 13.0 Å². The molecule has 18 heavy (non-hydrogen) atoms. The zero-order chi connectivity index (χ0) is 12.7. The average Bonchev–Trinajstić information content (AvgIpc) is 2.82. The van der Waals surface area contributed by atoms with Gasteiger partial charge in [0.2, 0.25) is 0 Å². The van der Waals surface area contributed by atoms with Gasteiger partial charge in [-0.1, -0.05) is 6.07 Å². The highest BCUT2D eigenvalue weighted by Gasteiger charge is 2.22. The highest BCUT2D eigenvalue weighted by Crippen LogP contribution is 2.39. The molecule has 1 aliphatic carbocycles. The van der Waals surface area contributed by atoms with Gasteiger partial charge in [-0.2, -0.15) is 0 Å². The number of hydrogen-bond donors (Lipinski definition) is 1. The van der Waals surface area contributed by atoms with Gasteiger partial charge in [0.1, 0.15) is 10.8 Å². The van der Waals surface area contributed by atoms with E-state index < -0.39 is 0 Å². The summed E-state index contributed by atoms with van der Waals surface area (Å²) < 4.78 is 5.30. The van der Waals surface area contributed by atoms with Crippen LogP contribution in [0.5, 0.6) is 5.75 Å². The first-order valence-corrected chi connectivity index (χ1v) is 6.93. The van der Waals surface area contributed by atoms with Gasteiger partial charge < -0.3 is 10.5 Å². The maximum Gasteiger partial charge on any atom is 0.119 e. The van der Waals surface area contributed by atoms with Gasteiger partial charge in [-0.15, -0.1) is 11.3 Å². The van der Waals surface area contributed by atoms with Crippen molar-refractivity contribution in [1.29, 1.82) is 0 Å². The lowest BCUT2D eigenvalue weighted by molar-refractivity contribution is 0.415. The highest BCUT2D eigenvalue weighted by atomic mass is 32.1. The van der Waals surface area contributed by atoms with Crippen LogP contribution in [0.4, 0.5) is 0 Å². The minimum absolute atomic E-state index is 0.00894. The summed E-state index contributed by atoms with van der Waals surface area (Å²) in [7, 11) is 1.69. The van der Waals surface area contributed by atoms with Gasteiger partial charge in [-0.3, -0.25) is 0 Å². The molecule has 1 aromatic carbocycles. The van der Waals surface area contributed by atoms with Crippen LogP contribution < -0.4 is 10.5 Å². The number of thiazole rings is 1. The molecule has 3 nitrogen and oxygen atoms in total. The largest absolute Gasteiger partial charge is 0.497 e. The summed E-state index contributed by atoms with van der Waals surface area (Å²) in [6, 6.07) is 6.25. The number of rotatable bonds is 2. The molecule has 0 fully saturated rings. The molecular weight excluding hydrogens is 244 g/mol. The molecule has 4 heteroatoms. The Bertz CT molecular complexity index is 589. The quantitative estimate of drug-likeness (QED) is 0.903. The second kappa shape index (κ2) is 4.37. The summed E-state index contributed by atoms with van der Waals surface area (Å²) in [6.45, 7) is 1.98. The number of methoxy groups -OCH3 is 1. The van der Waals surface area contributed by atoms with Crippen LogP contribution in [0.2, 0.25) is 0 Å². The fourth-order valence-corrected chi connectivity index (χ4v) is 3.35. The first-order chi connectivity index (χ1) is 8.69. The van der Waals surface area contributed by atoms with E-state index in [1.165, 1.54) is 16.0 Å². The topological polar surface area (TPSA) is 48.1 Å². The maximum absolute atomic E-state index is 5.93. The van der Waals surface area contributed by atoms with Crippen LogP contribution in [0, 0.1) is 0 Å². The van der Waals surface area contributed by atoms with Crippen molar-refractivity contribution in [3.63, 3.8) is 0 Å². The van der Waals surface area contributed by atoms with Gasteiger partial charge in [0, 0.05) is 10.4 Å². The van der Waals surface area contributed by atoms with Crippen molar-refractivity contribution in [3.05, 3.63) is 33.6 Å². The normalized spacial score (nSPS) is 14.8. The lowest BCUT2D eigenvalue weighted by Gasteiger charge is -2.15. The van der Waals surface area contributed by atoms with E-state index in [4.69, 9.17) is 15.5 Å². The molecule has 0 aliphatic heterocycles. The van der Waals surface area contributed by atoms with Crippen LogP contribution in [0.15, 0.2) is 18.2 Å². The van der Waals surface area contributed by atoms with Gasteiger partial charge in [0.25, 0.3) is 0 Å². The first-order valence-electron chi connectivity index (χ1n) is 6.11. The fourth-order valence-electron chi connectivity index (χ4n) is 2.31. The number of benzene rings is 1. The molecule has 2 aromatic rings. The smallest absolute Gasteiger partial charge is 0.119 e. The van der Waals surface area contributed by atoms with E-state index in [2.05, 4.69) is 12.1 Å². The summed E-state index contributed by atoms with van der Waals surface area (Å²) in [4.78, 5) is 6.06. The average molecular weight is 260 g/mol. The van der Waals surface area contributed by atoms with Crippen LogP contribution in [-0.4, -0.2) is 12.1 Å². The molecular formula is C14H16N2OS. The predicted molar refractivity (Wildman–Crippen MR) is 74.1 cm³/mol. The summed E-state index contributed by atoms with van der Waals surface area (Å²) in [5.74, 6) is 0.886. The molecule has 0 spiro atoms. The fraction of sp³-hybridized carbons (Fsp3) is 0.357. The first kappa shape index (κ1) is 11.7. The van der Waals surface area contributed by atoms with Crippen LogP contribution in [0.3, 0.4) is 0 Å². The van der Waals surface area contributed by atoms with E-state index in [-0.39, 0.29) is 6.04 Å². The van der Waals surface area contributed by atoms with Crippen LogP contribution in [0.1, 0.15) is 28.4 Å². The van der Waals surface area contributed by atoms with E-state index in [0.717, 1.165) is 29.3 Å². The predicted octanol–water partition coefficient (Wildman–Crippen LogP) is 2.94. The molecule has 0 amide bonds. The number of fused-ring (bicyclic) bond motifs is 3. The van der Waals surface area contributed by atoms with E-state index in [1.54, 1.807) is 18.4 Å². The SMILES string of the molecule is COc1ccc2c(c1)-c1nc(C(C)N)sc1CC2. The van der Waals surface area contributed by atoms with Gasteiger partial charge >= 0.3 is 0 Å². The molecule has 2 N–H and O–H groups in total. The van der Waals surface area contributed by atoms with Crippen LogP contribution in [-0.2, 0) is 12.8 Å². The third-order valence-electron chi connectivity index (χ3n) is 3.30. The highest BCUT2D eigenvalue weighted by molar-refractivity contribution is 7.12. The molecule has 1 unspecified atom stereocenters. The number of hydrogen-bond acceptors (Lipinski definition) is 4. The van der Waals surface area contributed by atoms with Crippen molar-refractivity contribution in [2.75, 3.05) is 7.11 Å². The van der Waals surface area contributed by atoms with Gasteiger partial charge in [-0.05, 0) is 37.5 Å². The second-order valence-corrected chi connectivity index (χ2v) is 5.75. The number of nitrogens with two attached hydrogens (primary N) is 1. The number of ether oxygens (including phenoxy) is 1. The van der Waals surface area contributed by atoms with Crippen molar-refractivity contribution in [3.8, 4) is 17.0 Å². The Labute approximate surface area is 111 Å². The minimum Gasteiger partial charge on any atom is -0.497 e. The lowest BCUT2D eigenvalue weighted by atomic mass is 9.93. The van der Waals surface area contributed by atoms with Gasteiger partial charge in [0.15, 0.2) is 0 Å². The number of aryl methyl sites for hydroxylation is 2. The van der Waals surface area contributed by atoms with Crippen LogP contribution in [0.25, 0.3) is 11.3 Å². The van der Waals surface area contributed by atoms with Crippen LogP contribution >= 0.6 is 11.3 Å². The summed E-state index contributed by atoms with van der Waals surface area (Å²) in [5, 5.41) is 1.02. The Balaban J connectivity index is 2.14. The Kier molecular flexibility index (Phi) is 2.84. The Morgan fingerprint density at radius 3 is 2.94 bits per heavy atom. The Hall–Kier alpha value is -1.39. The van der Waals surface area contributed by atoms with Crippen molar-refractivity contribution in [1.82, 2.24) is 4.98 Å². The molecule has 1 aliphatic rings. The molecule has 0 saturated heterocycles. The maximum atomic E-state index is 5.93. The standard InChI is InChI=1S/C14H16N2OS/c1-8(15)14-16-13-11-7-10(17-2)5-3-9(11)4-6-12(13)18-14/h3,5,7-8H,4,6,15H2,1-2H3. The Morgan fingerprint density at radius 2 is 2.22 bits per heavy atom. The number of aromatic nitrogens is 1. The van der Waals surface area contributed by atoms with E-state index in [9.17, 15) is 0 Å². The molecule has 1 aromatic heterocycles. The molecule has 94 valence electrons. The third-order valence-corrected chi connectivity index (χ3v) is 4.61. The second-order valence-electron chi connectivity index (χ2n) is 4.64. The molecule has 1 heterocycles. The van der Waals surface area contributed by atoms with Crippen molar-refractivity contribution in [2.45, 2.75) is 25.8 Å². The summed E-state index contributed by atoms with van der Waals surface area (Å²) in [6.07, 6.45) is 2.14. The molecule has 3 rings (SSSR count). The Morgan fingerprint density at radius 1 is 1.39 bits per heavy atom. The van der Waals surface area contributed by atoms with E-state index in [0.29, 0.717) is 0 Å². The van der Waals surface area contributed by atoms with Crippen molar-refractivity contribution in [2.24, 2.45) is 5.73 Å². The number of nitrogens with zero attached hydrogens (tertiary/aromatic N) is 1. The lowest BCUT2D eigenvalue weighted by Crippen LogP contribution is -2.04. The molecule has 0 bridgehead atoms. The van der Waals surface area contributed by atoms with Crippen molar-refractivity contribution < 1.29 is 4.74 Å². The van der Waals surface area contributed by atoms with E-state index >= 15 is 0 Å². The molecule has 1 atom stereocenters. The molecule has 0 radical (unpaired) electrons. The molecule has 0 saturated carbocycles. The van der Waals surface area contributed by atoms with Crippen molar-refractivity contribution >= 4 is 11.3 Å². The summed E-state index contributed by atoms with van der Waals surface area (Å²) in [5.41, 5.74) is 9.59. The summed E-state index contributed by atoms with van der Waals surface area (Å²) >= 11 is 1.74. The minimum atomic E-state index is 0.00894. The van der Waals surface area contributed by atoms with Gasteiger partial charge in [-0.25, -0.2) is 4.98 Å². The zero-order valence-electron chi connectivity index (χ0n) is 10.6.